The second kappa shape index (κ2) is 13.4. The number of hydrogen-bond donors (Lipinski definition) is 5. The van der Waals surface area contributed by atoms with E-state index in [0.717, 1.165) is 19.3 Å². The highest BCUT2D eigenvalue weighted by Crippen LogP contribution is 2.22. The number of nitrogens with two attached hydrogens (primary N) is 2. The van der Waals surface area contributed by atoms with Gasteiger partial charge < -0.3 is 21.1 Å². The number of anilines is 1. The van der Waals surface area contributed by atoms with E-state index in [4.69, 9.17) is 21.6 Å². The minimum atomic E-state index is -4.15. The topological polar surface area (TPSA) is 181 Å². The van der Waals surface area contributed by atoms with Crippen LogP contribution in [0.1, 0.15) is 37.3 Å². The number of benzene rings is 2. The predicted octanol–water partition coefficient (Wildman–Crippen LogP) is 2.02. The molecule has 0 aliphatic carbocycles. The van der Waals surface area contributed by atoms with Crippen molar-refractivity contribution >= 4 is 33.5 Å². The van der Waals surface area contributed by atoms with Crippen LogP contribution in [0.5, 0.6) is 0 Å². The molecule has 1 heterocycles. The van der Waals surface area contributed by atoms with Gasteiger partial charge in [-0.25, -0.2) is 13.2 Å². The van der Waals surface area contributed by atoms with Crippen LogP contribution in [0.2, 0.25) is 0 Å². The van der Waals surface area contributed by atoms with Gasteiger partial charge in [0.05, 0.1) is 11.5 Å². The second-order valence-electron chi connectivity index (χ2n) is 9.21. The third-order valence-corrected chi connectivity index (χ3v) is 7.91. The van der Waals surface area contributed by atoms with Crippen molar-refractivity contribution in [2.45, 2.75) is 43.5 Å². The molecule has 0 saturated carbocycles. The Bertz CT molecular complexity index is 1240. The normalized spacial score (nSPS) is 15.1. The molecule has 0 radical (unpaired) electrons. The zero-order valence-corrected chi connectivity index (χ0v) is 22.3. The maximum absolute atomic E-state index is 13.6. The summed E-state index contributed by atoms with van der Waals surface area (Å²) in [5.41, 5.74) is 12.7. The first kappa shape index (κ1) is 29.1. The first-order chi connectivity index (χ1) is 18.1. The highest BCUT2D eigenvalue weighted by Gasteiger charge is 2.32. The maximum atomic E-state index is 13.6. The van der Waals surface area contributed by atoms with Crippen LogP contribution in [0.3, 0.4) is 0 Å². The number of nitrogens with zero attached hydrogens (tertiary/aromatic N) is 1. The van der Waals surface area contributed by atoms with Crippen LogP contribution in [0, 0.1) is 11.3 Å². The monoisotopic (exact) mass is 544 g/mol. The maximum Gasteiger partial charge on any atom is 0.411 e. The molecule has 1 saturated heterocycles. The Hall–Kier alpha value is -3.48. The lowest BCUT2D eigenvalue weighted by atomic mass is 9.93. The van der Waals surface area contributed by atoms with Gasteiger partial charge in [0.15, 0.2) is 0 Å². The van der Waals surface area contributed by atoms with E-state index in [0.29, 0.717) is 36.7 Å². The summed E-state index contributed by atoms with van der Waals surface area (Å²) in [7, 11) is -4.15. The molecular formula is C26H36N6O5S. The number of amidine groups is 1. The Morgan fingerprint density at radius 1 is 1.16 bits per heavy atom. The molecule has 2 aromatic rings. The standard InChI is InChI=1S/C26H36N6O5S/c1-2-37-26(34)30-21-7-4-8-22(17-21)38(35,36)31-23(16-19-5-3-6-20(15-19)24(28)29)25(33)32-13-10-18(9-12-27)11-14-32/h3-8,15,17-18,23,31H,2,9-14,16,27H2,1H3,(H3,28,29)(H,30,34)/t23-/m0/s1. The van der Waals surface area contributed by atoms with Crippen molar-refractivity contribution in [2.75, 3.05) is 31.6 Å². The molecule has 1 fully saturated rings. The zero-order chi connectivity index (χ0) is 27.7. The van der Waals surface area contributed by atoms with E-state index in [2.05, 4.69) is 10.0 Å². The number of amides is 2. The summed E-state index contributed by atoms with van der Waals surface area (Å²) in [4.78, 5) is 27.0. The zero-order valence-electron chi connectivity index (χ0n) is 21.5. The molecule has 7 N–H and O–H groups in total. The van der Waals surface area contributed by atoms with Crippen LogP contribution in [-0.2, 0) is 26.0 Å². The SMILES string of the molecule is CCOC(=O)Nc1cccc(S(=O)(=O)N[C@@H](Cc2cccc(C(=N)N)c2)C(=O)N2CCC(CCN)CC2)c1. The van der Waals surface area contributed by atoms with Crippen molar-refractivity contribution in [3.8, 4) is 0 Å². The van der Waals surface area contributed by atoms with Crippen molar-refractivity contribution in [1.82, 2.24) is 9.62 Å². The summed E-state index contributed by atoms with van der Waals surface area (Å²) in [6.45, 7) is 3.47. The van der Waals surface area contributed by atoms with Gasteiger partial charge in [0.1, 0.15) is 11.9 Å². The number of rotatable bonds is 11. The fourth-order valence-electron chi connectivity index (χ4n) is 4.46. The fourth-order valence-corrected chi connectivity index (χ4v) is 5.70. The van der Waals surface area contributed by atoms with Crippen LogP contribution >= 0.6 is 0 Å². The van der Waals surface area contributed by atoms with Gasteiger partial charge in [-0.05, 0) is 74.9 Å². The van der Waals surface area contributed by atoms with Gasteiger partial charge in [-0.15, -0.1) is 0 Å². The molecule has 1 aliphatic rings. The van der Waals surface area contributed by atoms with E-state index in [1.807, 2.05) is 0 Å². The van der Waals surface area contributed by atoms with Crippen LogP contribution in [0.25, 0.3) is 0 Å². The van der Waals surface area contributed by atoms with Gasteiger partial charge in [-0.3, -0.25) is 15.5 Å². The number of piperidine rings is 1. The quantitative estimate of drug-likeness (QED) is 0.212. The number of nitrogen functional groups attached to an aromatic ring is 1. The summed E-state index contributed by atoms with van der Waals surface area (Å²) in [6, 6.07) is 11.5. The largest absolute Gasteiger partial charge is 0.450 e. The van der Waals surface area contributed by atoms with Gasteiger partial charge in [-0.2, -0.15) is 4.72 Å². The van der Waals surface area contributed by atoms with Crippen molar-refractivity contribution in [3.05, 3.63) is 59.7 Å². The lowest BCUT2D eigenvalue weighted by molar-refractivity contribution is -0.134. The highest BCUT2D eigenvalue weighted by atomic mass is 32.2. The number of nitrogens with one attached hydrogen (secondary N) is 3. The van der Waals surface area contributed by atoms with Crippen molar-refractivity contribution in [3.63, 3.8) is 0 Å². The Kier molecular flexibility index (Phi) is 10.2. The number of sulfonamides is 1. The smallest absolute Gasteiger partial charge is 0.411 e. The fraction of sp³-hybridized carbons (Fsp3) is 0.423. The number of carbonyl (C=O) groups excluding carboxylic acids is 2. The average molecular weight is 545 g/mol. The van der Waals surface area contributed by atoms with Crippen LogP contribution in [0.15, 0.2) is 53.4 Å². The van der Waals surface area contributed by atoms with E-state index in [1.165, 1.54) is 24.3 Å². The second-order valence-corrected chi connectivity index (χ2v) is 10.9. The molecular weight excluding hydrogens is 508 g/mol. The molecule has 0 unspecified atom stereocenters. The summed E-state index contributed by atoms with van der Waals surface area (Å²) in [5.74, 6) is -0.00178. The van der Waals surface area contributed by atoms with Crippen molar-refractivity contribution in [2.24, 2.45) is 17.4 Å². The number of likely N-dealkylation sites (tertiary alicyclic amines) is 1. The molecule has 206 valence electrons. The molecule has 2 aromatic carbocycles. The molecule has 1 atom stereocenters. The molecule has 2 amide bonds. The molecule has 1 aliphatic heterocycles. The number of carbonyl (C=O) groups is 2. The van der Waals surface area contributed by atoms with Crippen molar-refractivity contribution < 1.29 is 22.7 Å². The Morgan fingerprint density at radius 2 is 1.87 bits per heavy atom. The first-order valence-corrected chi connectivity index (χ1v) is 14.1. The Balaban J connectivity index is 1.85. The Morgan fingerprint density at radius 3 is 2.53 bits per heavy atom. The van der Waals surface area contributed by atoms with Gasteiger partial charge in [0, 0.05) is 24.3 Å². The lowest BCUT2D eigenvalue weighted by Gasteiger charge is -2.34. The Labute approximate surface area is 223 Å². The van der Waals surface area contributed by atoms with Gasteiger partial charge in [0.25, 0.3) is 0 Å². The summed E-state index contributed by atoms with van der Waals surface area (Å²) in [5, 5.41) is 10.2. The molecule has 11 nitrogen and oxygen atoms in total. The summed E-state index contributed by atoms with van der Waals surface area (Å²) < 4.78 is 34.2. The van der Waals surface area contributed by atoms with Gasteiger partial charge in [-0.1, -0.05) is 24.3 Å². The van der Waals surface area contributed by atoms with Gasteiger partial charge in [0.2, 0.25) is 15.9 Å². The molecule has 38 heavy (non-hydrogen) atoms. The predicted molar refractivity (Wildman–Crippen MR) is 145 cm³/mol. The third-order valence-electron chi connectivity index (χ3n) is 6.44. The third kappa shape index (κ3) is 8.01. The minimum absolute atomic E-state index is 0.0721. The highest BCUT2D eigenvalue weighted by molar-refractivity contribution is 7.89. The summed E-state index contributed by atoms with van der Waals surface area (Å²) in [6.07, 6.45) is 1.88. The van der Waals surface area contributed by atoms with Crippen LogP contribution in [-0.4, -0.2) is 63.4 Å². The molecule has 3 rings (SSSR count). The van der Waals surface area contributed by atoms with E-state index in [9.17, 15) is 18.0 Å². The van der Waals surface area contributed by atoms with Crippen molar-refractivity contribution in [1.29, 1.82) is 5.41 Å². The molecule has 12 heteroatoms. The van der Waals surface area contributed by atoms with E-state index < -0.39 is 22.2 Å². The van der Waals surface area contributed by atoms with Crippen LogP contribution in [0.4, 0.5) is 10.5 Å². The molecule has 0 spiro atoms. The van der Waals surface area contributed by atoms with Crippen LogP contribution < -0.4 is 21.5 Å². The van der Waals surface area contributed by atoms with E-state index in [1.54, 1.807) is 36.1 Å². The summed E-state index contributed by atoms with van der Waals surface area (Å²) >= 11 is 0. The first-order valence-electron chi connectivity index (χ1n) is 12.6. The lowest BCUT2D eigenvalue weighted by Crippen LogP contribution is -2.51. The number of hydrogen-bond acceptors (Lipinski definition) is 7. The average Bonchev–Trinajstić information content (AvgIpc) is 2.89. The molecule has 0 aromatic heterocycles. The molecule has 0 bridgehead atoms. The van der Waals surface area contributed by atoms with E-state index in [-0.39, 0.29) is 35.4 Å². The van der Waals surface area contributed by atoms with Gasteiger partial charge >= 0.3 is 6.09 Å². The number of ether oxygens (including phenoxy) is 1. The van der Waals surface area contributed by atoms with E-state index >= 15 is 0 Å². The minimum Gasteiger partial charge on any atom is -0.450 e.